The zero-order valence-electron chi connectivity index (χ0n) is 21.3. The van der Waals surface area contributed by atoms with Crippen molar-refractivity contribution in [3.63, 3.8) is 0 Å². The zero-order chi connectivity index (χ0) is 24.1. The third-order valence-electron chi connectivity index (χ3n) is 7.52. The zero-order valence-corrected chi connectivity index (χ0v) is 23.3. The molecule has 0 radical (unpaired) electrons. The summed E-state index contributed by atoms with van der Waals surface area (Å²) in [5.41, 5.74) is 0.591. The number of aromatic nitrogens is 4. The van der Waals surface area contributed by atoms with E-state index in [1.165, 1.54) is 6.33 Å². The molecule has 10 heteroatoms. The molecule has 0 aromatic carbocycles. The number of hydrogen-bond donors (Lipinski definition) is 1. The van der Waals surface area contributed by atoms with E-state index in [-0.39, 0.29) is 34.1 Å². The molecular formula is C22H40N4O4Si2. The minimum Gasteiger partial charge on any atom is -0.414 e. The molecule has 3 atom stereocenters. The molecule has 2 aromatic rings. The van der Waals surface area contributed by atoms with Crippen molar-refractivity contribution in [1.82, 2.24) is 19.5 Å². The quantitative estimate of drug-likeness (QED) is 0.596. The average Bonchev–Trinajstić information content (AvgIpc) is 3.22. The van der Waals surface area contributed by atoms with E-state index in [9.17, 15) is 4.79 Å². The Hall–Kier alpha value is -1.34. The van der Waals surface area contributed by atoms with Crippen LogP contribution in [0.1, 0.15) is 54.2 Å². The molecule has 180 valence electrons. The van der Waals surface area contributed by atoms with Crippen LogP contribution in [0.3, 0.4) is 0 Å². The summed E-state index contributed by atoms with van der Waals surface area (Å²) in [4.78, 5) is 23.3. The minimum absolute atomic E-state index is 0.0898. The largest absolute Gasteiger partial charge is 0.414 e. The summed E-state index contributed by atoms with van der Waals surface area (Å²) in [6, 6.07) is 0. The molecular weight excluding hydrogens is 440 g/mol. The van der Waals surface area contributed by atoms with Crippen LogP contribution >= 0.6 is 0 Å². The Morgan fingerprint density at radius 1 is 1.09 bits per heavy atom. The molecule has 1 aliphatic rings. The molecule has 32 heavy (non-hydrogen) atoms. The fourth-order valence-corrected chi connectivity index (χ4v) is 5.65. The van der Waals surface area contributed by atoms with Crippen LogP contribution in [0.15, 0.2) is 17.4 Å². The molecule has 1 saturated heterocycles. The Labute approximate surface area is 193 Å². The van der Waals surface area contributed by atoms with Gasteiger partial charge in [0.15, 0.2) is 27.8 Å². The van der Waals surface area contributed by atoms with Gasteiger partial charge in [-0.25, -0.2) is 9.97 Å². The molecule has 3 heterocycles. The molecule has 1 N–H and O–H groups in total. The van der Waals surface area contributed by atoms with Crippen molar-refractivity contribution in [2.75, 3.05) is 6.61 Å². The number of ether oxygens (including phenoxy) is 1. The van der Waals surface area contributed by atoms with Gasteiger partial charge in [0.05, 0.1) is 25.4 Å². The highest BCUT2D eigenvalue weighted by atomic mass is 28.4. The average molecular weight is 481 g/mol. The van der Waals surface area contributed by atoms with E-state index in [1.54, 1.807) is 6.33 Å². The molecule has 0 spiro atoms. The highest BCUT2D eigenvalue weighted by Gasteiger charge is 2.46. The second kappa shape index (κ2) is 8.46. The van der Waals surface area contributed by atoms with E-state index >= 15 is 0 Å². The lowest BCUT2D eigenvalue weighted by atomic mass is 10.2. The first kappa shape index (κ1) is 25.3. The van der Waals surface area contributed by atoms with E-state index in [4.69, 9.17) is 13.6 Å². The number of fused-ring (bicyclic) bond motifs is 1. The third kappa shape index (κ3) is 4.94. The van der Waals surface area contributed by atoms with Gasteiger partial charge in [0.25, 0.3) is 5.56 Å². The van der Waals surface area contributed by atoms with Crippen LogP contribution in [0.5, 0.6) is 0 Å². The van der Waals surface area contributed by atoms with Crippen molar-refractivity contribution in [1.29, 1.82) is 0 Å². The maximum Gasteiger partial charge on any atom is 0.278 e. The molecule has 1 aliphatic heterocycles. The maximum atomic E-state index is 12.1. The number of rotatable bonds is 6. The standard InChI is InChI=1S/C22H40N4O4Si2/c1-21(2,3)31(7,8)28-12-16-15(30-32(9,10)22(4,5)6)11-17(29-16)26-14-25-18-19(26)23-13-24-20(18)27/h13-17H,11-12H2,1-10H3,(H,23,24,27). The molecule has 0 aliphatic carbocycles. The van der Waals surface area contributed by atoms with Gasteiger partial charge in [-0.1, -0.05) is 41.5 Å². The minimum atomic E-state index is -2.02. The van der Waals surface area contributed by atoms with Crippen LogP contribution in [-0.2, 0) is 13.6 Å². The molecule has 0 saturated carbocycles. The Morgan fingerprint density at radius 2 is 1.72 bits per heavy atom. The van der Waals surface area contributed by atoms with Crippen molar-refractivity contribution in [2.24, 2.45) is 0 Å². The van der Waals surface area contributed by atoms with Gasteiger partial charge in [-0.2, -0.15) is 0 Å². The van der Waals surface area contributed by atoms with Crippen LogP contribution in [0, 0.1) is 0 Å². The van der Waals surface area contributed by atoms with Crippen molar-refractivity contribution in [3.05, 3.63) is 23.0 Å². The summed E-state index contributed by atoms with van der Waals surface area (Å²) in [6.45, 7) is 23.0. The maximum absolute atomic E-state index is 12.1. The highest BCUT2D eigenvalue weighted by molar-refractivity contribution is 6.74. The molecule has 8 nitrogen and oxygen atoms in total. The van der Waals surface area contributed by atoms with Gasteiger partial charge in [-0.15, -0.1) is 0 Å². The van der Waals surface area contributed by atoms with Crippen LogP contribution in [-0.4, -0.2) is 55.0 Å². The predicted molar refractivity (Wildman–Crippen MR) is 132 cm³/mol. The Bertz CT molecular complexity index is 1000. The van der Waals surface area contributed by atoms with E-state index in [0.717, 1.165) is 0 Å². The summed E-state index contributed by atoms with van der Waals surface area (Å²) in [6.07, 6.45) is 3.11. The number of hydrogen-bond acceptors (Lipinski definition) is 6. The summed E-state index contributed by atoms with van der Waals surface area (Å²) < 4.78 is 21.7. The van der Waals surface area contributed by atoms with Gasteiger partial charge >= 0.3 is 0 Å². The van der Waals surface area contributed by atoms with E-state index in [0.29, 0.717) is 24.2 Å². The van der Waals surface area contributed by atoms with E-state index in [1.807, 2.05) is 4.57 Å². The van der Waals surface area contributed by atoms with Crippen LogP contribution in [0.2, 0.25) is 36.3 Å². The molecule has 0 amide bonds. The number of aromatic amines is 1. The van der Waals surface area contributed by atoms with Gasteiger partial charge in [0, 0.05) is 6.42 Å². The fourth-order valence-electron chi connectivity index (χ4n) is 3.28. The summed E-state index contributed by atoms with van der Waals surface area (Å²) in [5, 5.41) is 0.207. The van der Waals surface area contributed by atoms with E-state index in [2.05, 4.69) is 82.7 Å². The Balaban J connectivity index is 1.88. The number of nitrogens with zero attached hydrogens (tertiary/aromatic N) is 3. The van der Waals surface area contributed by atoms with Crippen molar-refractivity contribution >= 4 is 27.8 Å². The van der Waals surface area contributed by atoms with Gasteiger partial charge in [0.1, 0.15) is 12.3 Å². The monoisotopic (exact) mass is 480 g/mol. The van der Waals surface area contributed by atoms with Crippen molar-refractivity contribution in [2.45, 2.75) is 103 Å². The number of nitrogens with one attached hydrogen (secondary N) is 1. The first-order valence-corrected chi connectivity index (χ1v) is 17.2. The lowest BCUT2D eigenvalue weighted by Gasteiger charge is -2.40. The topological polar surface area (TPSA) is 91.3 Å². The van der Waals surface area contributed by atoms with Crippen molar-refractivity contribution < 1.29 is 13.6 Å². The molecule has 3 rings (SSSR count). The van der Waals surface area contributed by atoms with Crippen LogP contribution < -0.4 is 5.56 Å². The first-order chi connectivity index (χ1) is 14.5. The lowest BCUT2D eigenvalue weighted by Crippen LogP contribution is -2.48. The lowest BCUT2D eigenvalue weighted by molar-refractivity contribution is -0.0383. The highest BCUT2D eigenvalue weighted by Crippen LogP contribution is 2.42. The predicted octanol–water partition coefficient (Wildman–Crippen LogP) is 4.82. The SMILES string of the molecule is CC(C)(C)[Si](C)(C)OCC1OC(n2cnc3c(=O)[nH]cnc32)CC1O[Si](C)(C)C(C)(C)C. The number of H-pyrrole nitrogens is 1. The van der Waals surface area contributed by atoms with Crippen LogP contribution in [0.4, 0.5) is 0 Å². The smallest absolute Gasteiger partial charge is 0.278 e. The van der Waals surface area contributed by atoms with E-state index < -0.39 is 16.6 Å². The summed E-state index contributed by atoms with van der Waals surface area (Å²) in [5.74, 6) is 0. The normalized spacial score (nSPS) is 23.2. The van der Waals surface area contributed by atoms with Gasteiger partial charge < -0.3 is 18.6 Å². The second-order valence-corrected chi connectivity index (χ2v) is 21.5. The van der Waals surface area contributed by atoms with Crippen LogP contribution in [0.25, 0.3) is 11.2 Å². The summed E-state index contributed by atoms with van der Waals surface area (Å²) >= 11 is 0. The Kier molecular flexibility index (Phi) is 6.69. The van der Waals surface area contributed by atoms with Gasteiger partial charge in [0.2, 0.25) is 0 Å². The molecule has 3 unspecified atom stereocenters. The second-order valence-electron chi connectivity index (χ2n) is 11.9. The van der Waals surface area contributed by atoms with Gasteiger partial charge in [-0.05, 0) is 36.3 Å². The molecule has 1 fully saturated rings. The molecule has 0 bridgehead atoms. The fraction of sp³-hybridized carbons (Fsp3) is 0.773. The number of imidazole rings is 1. The first-order valence-electron chi connectivity index (χ1n) is 11.4. The summed E-state index contributed by atoms with van der Waals surface area (Å²) in [7, 11) is -3.96. The third-order valence-corrected chi connectivity index (χ3v) is 16.5. The Morgan fingerprint density at radius 3 is 2.31 bits per heavy atom. The molecule has 2 aromatic heterocycles. The van der Waals surface area contributed by atoms with Gasteiger partial charge in [-0.3, -0.25) is 9.36 Å². The van der Waals surface area contributed by atoms with Crippen molar-refractivity contribution in [3.8, 4) is 0 Å².